The first-order valence-electron chi connectivity index (χ1n) is 16.3. The van der Waals surface area contributed by atoms with Crippen molar-refractivity contribution < 1.29 is 9.59 Å². The molecule has 1 aliphatic heterocycles. The van der Waals surface area contributed by atoms with Gasteiger partial charge in [-0.2, -0.15) is 0 Å². The third kappa shape index (κ3) is 5.41. The van der Waals surface area contributed by atoms with Gasteiger partial charge < -0.3 is 9.97 Å². The number of hydrogen-bond acceptors (Lipinski definition) is 4. The Kier molecular flexibility index (Phi) is 7.46. The summed E-state index contributed by atoms with van der Waals surface area (Å²) in [5.74, 6) is -0.0528. The van der Waals surface area contributed by atoms with Gasteiger partial charge in [0.2, 0.25) is 0 Å². The quantitative estimate of drug-likeness (QED) is 0.193. The van der Waals surface area contributed by atoms with Crippen LogP contribution in [0.2, 0.25) is 0 Å². The maximum Gasteiger partial charge on any atom is 0.178 e. The first-order valence-corrected chi connectivity index (χ1v) is 18.0. The van der Waals surface area contributed by atoms with E-state index in [1.54, 1.807) is 47.0 Å². The van der Waals surface area contributed by atoms with Crippen molar-refractivity contribution in [3.63, 3.8) is 0 Å². The summed E-state index contributed by atoms with van der Waals surface area (Å²) < 4.78 is 2.29. The van der Waals surface area contributed by atoms with Crippen molar-refractivity contribution in [3.05, 3.63) is 222 Å². The van der Waals surface area contributed by atoms with Crippen LogP contribution < -0.4 is 9.06 Å². The predicted octanol–water partition coefficient (Wildman–Crippen LogP) is 8.27. The normalized spacial score (nSPS) is 17.7. The fourth-order valence-electron chi connectivity index (χ4n) is 6.76. The van der Waals surface area contributed by atoms with Crippen LogP contribution in [0.15, 0.2) is 169 Å². The predicted molar refractivity (Wildman–Crippen MR) is 204 cm³/mol. The number of ketones is 2. The molecule has 2 aliphatic carbocycles. The summed E-state index contributed by atoms with van der Waals surface area (Å²) >= 11 is 3.46. The molecule has 8 bridgehead atoms. The van der Waals surface area contributed by atoms with Crippen LogP contribution in [0.4, 0.5) is 0 Å². The Hall–Kier alpha value is -6.08. The summed E-state index contributed by atoms with van der Waals surface area (Å²) in [6, 6.07) is 38.4. The summed E-state index contributed by atoms with van der Waals surface area (Å²) in [5.41, 5.74) is 12.4. The number of aromatic nitrogens is 2. The lowest BCUT2D eigenvalue weighted by Gasteiger charge is -2.12. The lowest BCUT2D eigenvalue weighted by Crippen LogP contribution is -2.07. The van der Waals surface area contributed by atoms with Crippen molar-refractivity contribution in [1.82, 2.24) is 9.97 Å². The minimum absolute atomic E-state index is 0.0264. The second kappa shape index (κ2) is 12.4. The van der Waals surface area contributed by atoms with Crippen molar-refractivity contribution >= 4 is 56.5 Å². The van der Waals surface area contributed by atoms with Crippen LogP contribution in [-0.2, 0) is 9.59 Å². The molecule has 4 aromatic heterocycles. The zero-order chi connectivity index (χ0) is 33.6. The van der Waals surface area contributed by atoms with Crippen LogP contribution in [0, 0.1) is 0 Å². The Balaban J connectivity index is 1.40. The van der Waals surface area contributed by atoms with Crippen LogP contribution >= 0.6 is 22.7 Å². The Labute approximate surface area is 296 Å². The number of fused-ring (bicyclic) bond motifs is 8. The Bertz CT molecular complexity index is 2450. The highest BCUT2D eigenvalue weighted by molar-refractivity contribution is 7.14. The molecule has 0 fully saturated rings. The first kappa shape index (κ1) is 30.0. The average Bonchev–Trinajstić information content (AvgIpc) is 3.98. The van der Waals surface area contributed by atoms with Crippen LogP contribution in [0.1, 0.15) is 43.7 Å². The molecule has 238 valence electrons. The molecule has 0 saturated carbocycles. The molecule has 3 aliphatic rings. The maximum atomic E-state index is 12.2. The van der Waals surface area contributed by atoms with Crippen LogP contribution in [-0.4, -0.2) is 21.5 Å². The molecule has 0 unspecified atom stereocenters. The number of carbonyl (C=O) groups excluding carboxylic acids is 2. The van der Waals surface area contributed by atoms with E-state index in [2.05, 4.69) is 107 Å². The van der Waals surface area contributed by atoms with E-state index in [0.29, 0.717) is 0 Å². The molecule has 5 heterocycles. The minimum Gasteiger partial charge on any atom is -0.354 e. The monoisotopic (exact) mass is 680 g/mol. The van der Waals surface area contributed by atoms with Gasteiger partial charge in [0.25, 0.3) is 0 Å². The van der Waals surface area contributed by atoms with Gasteiger partial charge in [0.1, 0.15) is 0 Å². The Morgan fingerprint density at radius 2 is 0.740 bits per heavy atom. The number of nitrogens with one attached hydrogen (secondary N) is 2. The van der Waals surface area contributed by atoms with Crippen LogP contribution in [0.25, 0.3) is 22.3 Å². The summed E-state index contributed by atoms with van der Waals surface area (Å²) in [7, 11) is 0. The number of carbonyl (C=O) groups is 2. The zero-order valence-electron chi connectivity index (χ0n) is 26.6. The van der Waals surface area contributed by atoms with Gasteiger partial charge in [0.15, 0.2) is 11.6 Å². The molecule has 2 aromatic carbocycles. The highest BCUT2D eigenvalue weighted by Gasteiger charge is 2.22. The largest absolute Gasteiger partial charge is 0.354 e. The molecule has 9 rings (SSSR count). The topological polar surface area (TPSA) is 65.7 Å². The third-order valence-electron chi connectivity index (χ3n) is 9.06. The molecule has 0 radical (unpaired) electrons. The van der Waals surface area contributed by atoms with E-state index in [-0.39, 0.29) is 11.6 Å². The molecule has 2 N–H and O–H groups in total. The zero-order valence-corrected chi connectivity index (χ0v) is 28.3. The van der Waals surface area contributed by atoms with Crippen LogP contribution in [0.3, 0.4) is 0 Å². The number of allylic oxidation sites excluding steroid dienone is 10. The number of hydrogen-bond donors (Lipinski definition) is 2. The Morgan fingerprint density at radius 1 is 0.360 bits per heavy atom. The van der Waals surface area contributed by atoms with Gasteiger partial charge in [-0.15, -0.1) is 22.7 Å². The summed E-state index contributed by atoms with van der Waals surface area (Å²) in [6.07, 6.45) is 14.1. The fraction of sp³-hybridized carbons (Fsp3) is 0. The maximum absolute atomic E-state index is 12.2. The van der Waals surface area contributed by atoms with Gasteiger partial charge in [-0.1, -0.05) is 85.0 Å². The van der Waals surface area contributed by atoms with E-state index >= 15 is 0 Å². The molecule has 6 heteroatoms. The smallest absolute Gasteiger partial charge is 0.178 e. The lowest BCUT2D eigenvalue weighted by atomic mass is 9.98. The number of benzene rings is 2. The first-order chi connectivity index (χ1) is 24.6. The molecule has 0 atom stereocenters. The molecule has 0 amide bonds. The van der Waals surface area contributed by atoms with Crippen molar-refractivity contribution in [2.24, 2.45) is 0 Å². The number of thiophene rings is 2. The van der Waals surface area contributed by atoms with Gasteiger partial charge in [-0.25, -0.2) is 0 Å². The van der Waals surface area contributed by atoms with E-state index in [1.165, 1.54) is 0 Å². The van der Waals surface area contributed by atoms with Crippen molar-refractivity contribution in [1.29, 1.82) is 0 Å². The summed E-state index contributed by atoms with van der Waals surface area (Å²) in [5, 5.41) is 0. The molecule has 0 spiro atoms. The SMILES string of the molecule is O=C1C=CC(=C2c3ccc([nH]3)/C(c3ccccc3)=c3/cc/c(s3)=C(\c3ccccc3)c3ccc([nH]3)C(=C3C=CC(=O)C=C3)c3ccc2s3)C=C1. The Morgan fingerprint density at radius 3 is 1.14 bits per heavy atom. The number of rotatable bonds is 2. The standard InChI is InChI=1S/C44H28N2O2S2/c47-31-15-11-29(12-16-31)43-35-21-19-33(45-35)41(27-7-3-1-4-8-27)37-23-24-38(49-37)42(28-9-5-2-6-10-28)34-20-22-36(46-34)44(40-26-25-39(43)50-40)30-13-17-32(48)18-14-30/h1-26,45-46H/b41-37-,42-38-. The minimum atomic E-state index is -0.0264. The molecule has 6 aromatic rings. The summed E-state index contributed by atoms with van der Waals surface area (Å²) in [6.45, 7) is 0. The highest BCUT2D eigenvalue weighted by Crippen LogP contribution is 2.40. The van der Waals surface area contributed by atoms with Gasteiger partial charge >= 0.3 is 0 Å². The van der Waals surface area contributed by atoms with E-state index in [1.807, 2.05) is 36.4 Å². The van der Waals surface area contributed by atoms with Gasteiger partial charge in [-0.05, 0) is 95.1 Å². The molecule has 50 heavy (non-hydrogen) atoms. The molecular formula is C44H28N2O2S2. The van der Waals surface area contributed by atoms with Crippen molar-refractivity contribution in [3.8, 4) is 0 Å². The average molecular weight is 681 g/mol. The van der Waals surface area contributed by atoms with Gasteiger partial charge in [0, 0.05) is 63.9 Å². The molecule has 4 nitrogen and oxygen atoms in total. The highest BCUT2D eigenvalue weighted by atomic mass is 32.1. The van der Waals surface area contributed by atoms with E-state index in [0.717, 1.165) is 86.2 Å². The second-order valence-corrected chi connectivity index (χ2v) is 14.3. The van der Waals surface area contributed by atoms with Gasteiger partial charge in [0.05, 0.1) is 0 Å². The van der Waals surface area contributed by atoms with E-state index in [9.17, 15) is 9.59 Å². The van der Waals surface area contributed by atoms with Gasteiger partial charge in [-0.3, -0.25) is 9.59 Å². The van der Waals surface area contributed by atoms with Crippen molar-refractivity contribution in [2.45, 2.75) is 0 Å². The summed E-state index contributed by atoms with van der Waals surface area (Å²) in [4.78, 5) is 34.1. The fourth-order valence-corrected chi connectivity index (χ4v) is 9.10. The van der Waals surface area contributed by atoms with E-state index in [4.69, 9.17) is 0 Å². The third-order valence-corrected chi connectivity index (χ3v) is 11.3. The van der Waals surface area contributed by atoms with E-state index < -0.39 is 0 Å². The van der Waals surface area contributed by atoms with Crippen LogP contribution in [0.5, 0.6) is 0 Å². The second-order valence-electron chi connectivity index (χ2n) is 12.2. The van der Waals surface area contributed by atoms with Crippen molar-refractivity contribution in [2.75, 3.05) is 0 Å². The molecule has 0 saturated heterocycles. The lowest BCUT2D eigenvalue weighted by molar-refractivity contribution is -0.111. The number of aromatic amines is 2. The number of H-pyrrole nitrogens is 2. The molecular weight excluding hydrogens is 653 g/mol.